The molecule has 2 aliphatic rings. The number of rotatable bonds is 8. The molecule has 0 fully saturated rings. The fourth-order valence-corrected chi connectivity index (χ4v) is 4.74. The molecule has 0 radical (unpaired) electrons. The Morgan fingerprint density at radius 2 is 2.13 bits per heavy atom. The lowest BCUT2D eigenvalue weighted by atomic mass is 10.1. The van der Waals surface area contributed by atoms with Crippen LogP contribution in [0.2, 0.25) is 0 Å². The fourth-order valence-electron chi connectivity index (χ4n) is 4.74. The molecule has 1 N–H and O–H groups in total. The van der Waals surface area contributed by atoms with Gasteiger partial charge in [-0.3, -0.25) is 5.01 Å². The van der Waals surface area contributed by atoms with Crippen LogP contribution >= 0.6 is 0 Å². The third-order valence-electron chi connectivity index (χ3n) is 6.71. The molecule has 38 heavy (non-hydrogen) atoms. The van der Waals surface area contributed by atoms with Gasteiger partial charge in [-0.05, 0) is 62.2 Å². The third-order valence-corrected chi connectivity index (χ3v) is 6.71. The summed E-state index contributed by atoms with van der Waals surface area (Å²) in [6.45, 7) is 11.8. The van der Waals surface area contributed by atoms with Crippen molar-refractivity contribution in [2.24, 2.45) is 11.0 Å². The molecule has 0 bridgehead atoms. The number of aryl methyl sites for hydroxylation is 1. The number of hydrogen-bond donors (Lipinski definition) is 1. The maximum absolute atomic E-state index is 6.19. The van der Waals surface area contributed by atoms with Crippen molar-refractivity contribution in [3.8, 4) is 11.5 Å². The first kappa shape index (κ1) is 25.6. The van der Waals surface area contributed by atoms with Gasteiger partial charge in [0, 0.05) is 48.6 Å². The van der Waals surface area contributed by atoms with Crippen LogP contribution in [0.3, 0.4) is 0 Å². The molecule has 0 spiro atoms. The van der Waals surface area contributed by atoms with Crippen LogP contribution in [-0.2, 0) is 0 Å². The Kier molecular flexibility index (Phi) is 7.77. The van der Waals surface area contributed by atoms with E-state index in [4.69, 9.17) is 9.47 Å². The van der Waals surface area contributed by atoms with E-state index in [1.165, 1.54) is 0 Å². The summed E-state index contributed by atoms with van der Waals surface area (Å²) in [4.78, 5) is 11.6. The van der Waals surface area contributed by atoms with E-state index in [1.807, 2.05) is 49.3 Å². The quantitative estimate of drug-likeness (QED) is 0.349. The van der Waals surface area contributed by atoms with Crippen molar-refractivity contribution in [2.75, 3.05) is 36.5 Å². The predicted molar refractivity (Wildman–Crippen MR) is 155 cm³/mol. The highest BCUT2D eigenvalue weighted by atomic mass is 16.5. The number of nitrogens with zero attached hydrogens (tertiary/aromatic N) is 5. The van der Waals surface area contributed by atoms with Crippen LogP contribution in [0.4, 0.5) is 17.2 Å². The number of benzene rings is 2. The summed E-state index contributed by atoms with van der Waals surface area (Å²) in [7, 11) is 0. The Morgan fingerprint density at radius 1 is 1.24 bits per heavy atom. The van der Waals surface area contributed by atoms with E-state index < -0.39 is 0 Å². The summed E-state index contributed by atoms with van der Waals surface area (Å²) in [6, 6.07) is 10.3. The molecule has 8 heteroatoms. The summed E-state index contributed by atoms with van der Waals surface area (Å²) >= 11 is 0. The molecule has 1 unspecified atom stereocenters. The van der Waals surface area contributed by atoms with Gasteiger partial charge in [-0.2, -0.15) is 5.10 Å². The molecule has 8 nitrogen and oxygen atoms in total. The van der Waals surface area contributed by atoms with Crippen LogP contribution < -0.4 is 19.7 Å². The zero-order valence-electron chi connectivity index (χ0n) is 22.6. The molecule has 1 aromatic heterocycles. The number of nitrogens with one attached hydrogen (secondary N) is 1. The second-order valence-electron chi connectivity index (χ2n) is 9.90. The number of hydrazone groups is 1. The fraction of sp³-hybridized carbons (Fsp3) is 0.367. The SMILES string of the molecule is C/C=N\N1C=CC(Oc2ccc(Nc3ncnc4cc5c(cc34)N(CCCC)CC(C)CO5)cc2C)=CC1. The average molecular weight is 513 g/mol. The van der Waals surface area contributed by atoms with Crippen molar-refractivity contribution in [2.45, 2.75) is 40.5 Å². The van der Waals surface area contributed by atoms with Crippen molar-refractivity contribution in [3.63, 3.8) is 0 Å². The number of ether oxygens (including phenoxy) is 2. The van der Waals surface area contributed by atoms with Crippen LogP contribution in [0.15, 0.2) is 65.9 Å². The lowest BCUT2D eigenvalue weighted by Gasteiger charge is -2.25. The number of fused-ring (bicyclic) bond motifs is 2. The molecule has 0 saturated heterocycles. The molecule has 3 aromatic rings. The van der Waals surface area contributed by atoms with E-state index >= 15 is 0 Å². The zero-order chi connectivity index (χ0) is 26.5. The van der Waals surface area contributed by atoms with E-state index in [9.17, 15) is 0 Å². The minimum Gasteiger partial charge on any atom is -0.491 e. The molecule has 5 rings (SSSR count). The zero-order valence-corrected chi connectivity index (χ0v) is 22.6. The van der Waals surface area contributed by atoms with Gasteiger partial charge in [-0.15, -0.1) is 0 Å². The second-order valence-corrected chi connectivity index (χ2v) is 9.90. The van der Waals surface area contributed by atoms with E-state index in [0.717, 1.165) is 76.8 Å². The smallest absolute Gasteiger partial charge is 0.144 e. The molecule has 198 valence electrons. The second kappa shape index (κ2) is 11.5. The lowest BCUT2D eigenvalue weighted by molar-refractivity contribution is 0.274. The summed E-state index contributed by atoms with van der Waals surface area (Å²) in [5.74, 6) is 3.75. The van der Waals surface area contributed by atoms with Crippen molar-refractivity contribution in [1.29, 1.82) is 0 Å². The first-order valence-corrected chi connectivity index (χ1v) is 13.4. The predicted octanol–water partition coefficient (Wildman–Crippen LogP) is 6.41. The van der Waals surface area contributed by atoms with Crippen molar-refractivity contribution < 1.29 is 9.47 Å². The van der Waals surface area contributed by atoms with Crippen molar-refractivity contribution >= 4 is 34.3 Å². The standard InChI is InChI=1S/C30H36N6O2/c1-5-7-12-35-18-21(3)19-37-29-17-26-25(16-27(29)35)30(32-20-31-26)34-23-8-9-28(22(4)15-23)38-24-10-13-36(14-11-24)33-6-2/h6,8-11,13,15-17,20-21H,5,7,12,14,18-19H2,1-4H3,(H,31,32,34)/b33-6-. The van der Waals surface area contributed by atoms with Gasteiger partial charge in [0.1, 0.15) is 29.4 Å². The number of anilines is 3. The highest BCUT2D eigenvalue weighted by Gasteiger charge is 2.22. The molecule has 0 aliphatic carbocycles. The van der Waals surface area contributed by atoms with Crippen LogP contribution in [0.5, 0.6) is 11.5 Å². The summed E-state index contributed by atoms with van der Waals surface area (Å²) in [5, 5.41) is 10.6. The van der Waals surface area contributed by atoms with Gasteiger partial charge in [0.2, 0.25) is 0 Å². The molecule has 0 amide bonds. The first-order chi connectivity index (χ1) is 18.5. The molecular weight excluding hydrogens is 476 g/mol. The third kappa shape index (κ3) is 5.74. The number of unbranched alkanes of at least 4 members (excludes halogenated alkanes) is 1. The molecular formula is C30H36N6O2. The molecule has 0 saturated carbocycles. The van der Waals surface area contributed by atoms with Gasteiger partial charge < -0.3 is 19.7 Å². The highest BCUT2D eigenvalue weighted by Crippen LogP contribution is 2.38. The normalized spacial score (nSPS) is 17.3. The Bertz CT molecular complexity index is 1380. The first-order valence-electron chi connectivity index (χ1n) is 13.4. The van der Waals surface area contributed by atoms with Crippen LogP contribution in [0, 0.1) is 12.8 Å². The van der Waals surface area contributed by atoms with Crippen LogP contribution in [0.1, 0.15) is 39.2 Å². The summed E-state index contributed by atoms with van der Waals surface area (Å²) in [6.07, 6.45) is 11.5. The van der Waals surface area contributed by atoms with E-state index in [2.05, 4.69) is 57.3 Å². The van der Waals surface area contributed by atoms with E-state index in [1.54, 1.807) is 12.5 Å². The summed E-state index contributed by atoms with van der Waals surface area (Å²) in [5.41, 5.74) is 3.94. The van der Waals surface area contributed by atoms with Gasteiger partial charge in [0.05, 0.1) is 24.4 Å². The van der Waals surface area contributed by atoms with Gasteiger partial charge >= 0.3 is 0 Å². The number of aromatic nitrogens is 2. The largest absolute Gasteiger partial charge is 0.491 e. The average Bonchev–Trinajstić information content (AvgIpc) is 3.07. The highest BCUT2D eigenvalue weighted by molar-refractivity contribution is 5.95. The minimum atomic E-state index is 0.457. The summed E-state index contributed by atoms with van der Waals surface area (Å²) < 4.78 is 12.3. The van der Waals surface area contributed by atoms with Gasteiger partial charge in [0.25, 0.3) is 0 Å². The van der Waals surface area contributed by atoms with E-state index in [-0.39, 0.29) is 0 Å². The molecule has 3 heterocycles. The Labute approximate surface area is 224 Å². The monoisotopic (exact) mass is 512 g/mol. The van der Waals surface area contributed by atoms with Crippen molar-refractivity contribution in [3.05, 3.63) is 66.3 Å². The lowest BCUT2D eigenvalue weighted by Crippen LogP contribution is -2.29. The maximum atomic E-state index is 6.19. The molecule has 2 aliphatic heterocycles. The van der Waals surface area contributed by atoms with Crippen molar-refractivity contribution in [1.82, 2.24) is 15.0 Å². The molecule has 1 atom stereocenters. The Balaban J connectivity index is 1.38. The maximum Gasteiger partial charge on any atom is 0.144 e. The topological polar surface area (TPSA) is 75.1 Å². The van der Waals surface area contributed by atoms with Gasteiger partial charge in [-0.1, -0.05) is 20.3 Å². The van der Waals surface area contributed by atoms with E-state index in [0.29, 0.717) is 19.1 Å². The number of hydrogen-bond acceptors (Lipinski definition) is 8. The Morgan fingerprint density at radius 3 is 2.89 bits per heavy atom. The number of allylic oxidation sites excluding steroid dienone is 1. The molecule has 2 aromatic carbocycles. The van der Waals surface area contributed by atoms with Gasteiger partial charge in [0.15, 0.2) is 0 Å². The van der Waals surface area contributed by atoms with Gasteiger partial charge in [-0.25, -0.2) is 9.97 Å². The van der Waals surface area contributed by atoms with Crippen LogP contribution in [0.25, 0.3) is 10.9 Å². The Hall–Kier alpha value is -4.07. The van der Waals surface area contributed by atoms with Crippen LogP contribution in [-0.4, -0.2) is 47.4 Å². The minimum absolute atomic E-state index is 0.457.